The van der Waals surface area contributed by atoms with E-state index in [0.29, 0.717) is 16.5 Å². The zero-order valence-corrected chi connectivity index (χ0v) is 11.5. The highest BCUT2D eigenvalue weighted by Crippen LogP contribution is 2.26. The average molecular weight is 286 g/mol. The molecule has 3 rings (SSSR count). The molecule has 0 aliphatic carbocycles. The van der Waals surface area contributed by atoms with Crippen LogP contribution in [-0.2, 0) is 7.05 Å². The highest BCUT2D eigenvalue weighted by molar-refractivity contribution is 6.30. The van der Waals surface area contributed by atoms with Crippen LogP contribution in [-0.4, -0.2) is 19.7 Å². The second kappa shape index (κ2) is 4.94. The van der Waals surface area contributed by atoms with Gasteiger partial charge in [-0.1, -0.05) is 23.7 Å². The van der Waals surface area contributed by atoms with Gasteiger partial charge in [0.05, 0.1) is 18.1 Å². The largest absolute Gasteiger partial charge is 0.382 e. The van der Waals surface area contributed by atoms with Gasteiger partial charge in [-0.15, -0.1) is 0 Å². The number of nitrogens with two attached hydrogens (primary N) is 1. The predicted molar refractivity (Wildman–Crippen MR) is 79.1 cm³/mol. The van der Waals surface area contributed by atoms with Gasteiger partial charge in [0.15, 0.2) is 0 Å². The van der Waals surface area contributed by atoms with Crippen LogP contribution in [0.25, 0.3) is 22.5 Å². The Morgan fingerprint density at radius 1 is 1.10 bits per heavy atom. The van der Waals surface area contributed by atoms with Crippen molar-refractivity contribution in [2.75, 3.05) is 5.73 Å². The van der Waals surface area contributed by atoms with E-state index in [2.05, 4.69) is 15.1 Å². The first-order chi connectivity index (χ1) is 9.63. The topological polar surface area (TPSA) is 69.6 Å². The zero-order chi connectivity index (χ0) is 14.1. The van der Waals surface area contributed by atoms with Crippen molar-refractivity contribution in [2.24, 2.45) is 7.05 Å². The van der Waals surface area contributed by atoms with Crippen molar-refractivity contribution in [3.63, 3.8) is 0 Å². The summed E-state index contributed by atoms with van der Waals surface area (Å²) in [6.45, 7) is 0. The fourth-order valence-electron chi connectivity index (χ4n) is 1.91. The molecule has 2 aromatic heterocycles. The van der Waals surface area contributed by atoms with Crippen LogP contribution < -0.4 is 5.73 Å². The van der Waals surface area contributed by atoms with Crippen molar-refractivity contribution in [3.05, 3.63) is 47.9 Å². The molecule has 0 bridgehead atoms. The standard InChI is InChI=1S/C14H12ClN5/c1-20-8-10(6-18-20)13-14(16)17-7-12(19-13)9-2-4-11(15)5-3-9/h2-8H,1H3,(H2,16,17). The number of aromatic nitrogens is 4. The SMILES string of the molecule is Cn1cc(-c2nc(-c3ccc(Cl)cc3)cnc2N)cn1. The molecule has 0 fully saturated rings. The van der Waals surface area contributed by atoms with Crippen molar-refractivity contribution in [2.45, 2.75) is 0 Å². The summed E-state index contributed by atoms with van der Waals surface area (Å²) in [7, 11) is 1.84. The molecular weight excluding hydrogens is 274 g/mol. The van der Waals surface area contributed by atoms with E-state index >= 15 is 0 Å². The lowest BCUT2D eigenvalue weighted by Gasteiger charge is -2.05. The minimum absolute atomic E-state index is 0.385. The number of rotatable bonds is 2. The Bertz CT molecular complexity index is 749. The Morgan fingerprint density at radius 2 is 1.85 bits per heavy atom. The van der Waals surface area contributed by atoms with Crippen LogP contribution in [0.15, 0.2) is 42.9 Å². The number of hydrogen-bond acceptors (Lipinski definition) is 4. The maximum atomic E-state index is 5.90. The van der Waals surface area contributed by atoms with Gasteiger partial charge in [0.1, 0.15) is 11.5 Å². The zero-order valence-electron chi connectivity index (χ0n) is 10.8. The first-order valence-corrected chi connectivity index (χ1v) is 6.39. The first-order valence-electron chi connectivity index (χ1n) is 6.01. The number of halogens is 1. The number of benzene rings is 1. The van der Waals surface area contributed by atoms with Gasteiger partial charge in [-0.25, -0.2) is 9.97 Å². The third kappa shape index (κ3) is 2.35. The Kier molecular flexibility index (Phi) is 3.12. The van der Waals surface area contributed by atoms with E-state index in [1.54, 1.807) is 17.1 Å². The van der Waals surface area contributed by atoms with Crippen molar-refractivity contribution >= 4 is 17.4 Å². The van der Waals surface area contributed by atoms with E-state index in [-0.39, 0.29) is 0 Å². The predicted octanol–water partition coefficient (Wildman–Crippen LogP) is 2.78. The number of nitrogen functional groups attached to an aromatic ring is 1. The molecular formula is C14H12ClN5. The van der Waals surface area contributed by atoms with Gasteiger partial charge in [-0.3, -0.25) is 4.68 Å². The van der Waals surface area contributed by atoms with E-state index in [4.69, 9.17) is 17.3 Å². The molecule has 6 heteroatoms. The molecule has 0 unspecified atom stereocenters. The second-order valence-corrected chi connectivity index (χ2v) is 4.84. The Labute approximate surface area is 121 Å². The lowest BCUT2D eigenvalue weighted by Crippen LogP contribution is -1.98. The van der Waals surface area contributed by atoms with E-state index in [1.165, 1.54) is 0 Å². The van der Waals surface area contributed by atoms with Crippen LogP contribution in [0, 0.1) is 0 Å². The third-order valence-corrected chi connectivity index (χ3v) is 3.17. The minimum Gasteiger partial charge on any atom is -0.382 e. The monoisotopic (exact) mass is 285 g/mol. The summed E-state index contributed by atoms with van der Waals surface area (Å²) >= 11 is 5.89. The molecule has 2 N–H and O–H groups in total. The van der Waals surface area contributed by atoms with Gasteiger partial charge >= 0.3 is 0 Å². The molecule has 0 amide bonds. The summed E-state index contributed by atoms with van der Waals surface area (Å²) in [5.74, 6) is 0.385. The molecule has 3 aromatic rings. The van der Waals surface area contributed by atoms with Gasteiger partial charge < -0.3 is 5.73 Å². The average Bonchev–Trinajstić information content (AvgIpc) is 2.87. The molecule has 1 aromatic carbocycles. The third-order valence-electron chi connectivity index (χ3n) is 2.92. The quantitative estimate of drug-likeness (QED) is 0.786. The van der Waals surface area contributed by atoms with Crippen molar-refractivity contribution in [1.29, 1.82) is 0 Å². The Morgan fingerprint density at radius 3 is 2.50 bits per heavy atom. The van der Waals surface area contributed by atoms with Gasteiger partial charge in [0.25, 0.3) is 0 Å². The van der Waals surface area contributed by atoms with Crippen LogP contribution >= 0.6 is 11.6 Å². The summed E-state index contributed by atoms with van der Waals surface area (Å²) in [6, 6.07) is 7.43. The molecule has 5 nitrogen and oxygen atoms in total. The molecule has 100 valence electrons. The highest BCUT2D eigenvalue weighted by Gasteiger charge is 2.10. The lowest BCUT2D eigenvalue weighted by molar-refractivity contribution is 0.768. The smallest absolute Gasteiger partial charge is 0.150 e. The normalized spacial score (nSPS) is 10.7. The molecule has 2 heterocycles. The maximum Gasteiger partial charge on any atom is 0.150 e. The fourth-order valence-corrected chi connectivity index (χ4v) is 2.04. The number of hydrogen-bond donors (Lipinski definition) is 1. The summed E-state index contributed by atoms with van der Waals surface area (Å²) in [6.07, 6.45) is 5.22. The molecule has 0 saturated heterocycles. The summed E-state index contributed by atoms with van der Waals surface area (Å²) in [5.41, 5.74) is 9.05. The van der Waals surface area contributed by atoms with Crippen LogP contribution in [0.2, 0.25) is 5.02 Å². The van der Waals surface area contributed by atoms with Crippen molar-refractivity contribution in [1.82, 2.24) is 19.7 Å². The molecule has 0 aliphatic heterocycles. The van der Waals surface area contributed by atoms with Gasteiger partial charge in [-0.05, 0) is 12.1 Å². The lowest BCUT2D eigenvalue weighted by atomic mass is 10.1. The maximum absolute atomic E-state index is 5.90. The van der Waals surface area contributed by atoms with Crippen LogP contribution in [0.5, 0.6) is 0 Å². The second-order valence-electron chi connectivity index (χ2n) is 4.40. The Hall–Kier alpha value is -2.40. The van der Waals surface area contributed by atoms with E-state index < -0.39 is 0 Å². The summed E-state index contributed by atoms with van der Waals surface area (Å²) in [4.78, 5) is 8.78. The van der Waals surface area contributed by atoms with Crippen LogP contribution in [0.1, 0.15) is 0 Å². The Balaban J connectivity index is 2.08. The van der Waals surface area contributed by atoms with Gasteiger partial charge in [0, 0.05) is 29.4 Å². The molecule has 0 spiro atoms. The molecule has 0 saturated carbocycles. The van der Waals surface area contributed by atoms with E-state index in [1.807, 2.05) is 37.5 Å². The highest BCUT2D eigenvalue weighted by atomic mass is 35.5. The number of nitrogens with zero attached hydrogens (tertiary/aromatic N) is 4. The van der Waals surface area contributed by atoms with E-state index in [9.17, 15) is 0 Å². The minimum atomic E-state index is 0.385. The van der Waals surface area contributed by atoms with E-state index in [0.717, 1.165) is 16.8 Å². The van der Waals surface area contributed by atoms with Gasteiger partial charge in [-0.2, -0.15) is 5.10 Å². The van der Waals surface area contributed by atoms with Crippen molar-refractivity contribution in [3.8, 4) is 22.5 Å². The van der Waals surface area contributed by atoms with Gasteiger partial charge in [0.2, 0.25) is 0 Å². The molecule has 20 heavy (non-hydrogen) atoms. The molecule has 0 radical (unpaired) electrons. The first kappa shape index (κ1) is 12.6. The summed E-state index contributed by atoms with van der Waals surface area (Å²) in [5, 5.41) is 4.81. The summed E-state index contributed by atoms with van der Waals surface area (Å²) < 4.78 is 1.70. The number of anilines is 1. The molecule has 0 aliphatic rings. The van der Waals surface area contributed by atoms with Crippen LogP contribution in [0.4, 0.5) is 5.82 Å². The number of aryl methyl sites for hydroxylation is 1. The van der Waals surface area contributed by atoms with Crippen molar-refractivity contribution < 1.29 is 0 Å². The molecule has 0 atom stereocenters. The van der Waals surface area contributed by atoms with Crippen LogP contribution in [0.3, 0.4) is 0 Å². The fraction of sp³-hybridized carbons (Fsp3) is 0.0714.